The first-order valence-electron chi connectivity index (χ1n) is 7.65. The van der Waals surface area contributed by atoms with Crippen LogP contribution in [0.5, 0.6) is 0 Å². The van der Waals surface area contributed by atoms with Crippen molar-refractivity contribution in [1.82, 2.24) is 4.98 Å². The van der Waals surface area contributed by atoms with E-state index in [0.29, 0.717) is 25.1 Å². The second-order valence-electron chi connectivity index (χ2n) is 5.60. The Balaban J connectivity index is 1.74. The normalized spacial score (nSPS) is 18.0. The lowest BCUT2D eigenvalue weighted by molar-refractivity contribution is -0.383. The van der Waals surface area contributed by atoms with Gasteiger partial charge in [0.25, 0.3) is 5.69 Å². The molecule has 1 aliphatic heterocycles. The first kappa shape index (κ1) is 14.6. The van der Waals surface area contributed by atoms with E-state index in [1.807, 2.05) is 18.2 Å². The Morgan fingerprint density at radius 2 is 2.17 bits per heavy atom. The molecule has 1 atom stereocenters. The topological polar surface area (TPSA) is 81.6 Å². The summed E-state index contributed by atoms with van der Waals surface area (Å²) >= 11 is 0. The number of benzene rings is 1. The van der Waals surface area contributed by atoms with Crippen molar-refractivity contribution >= 4 is 22.1 Å². The van der Waals surface area contributed by atoms with Gasteiger partial charge in [-0.25, -0.2) is 0 Å². The van der Waals surface area contributed by atoms with Crippen LogP contribution in [0.4, 0.5) is 11.4 Å². The quantitative estimate of drug-likeness (QED) is 0.543. The summed E-state index contributed by atoms with van der Waals surface area (Å²) in [4.78, 5) is 17.1. The smallest absolute Gasteiger partial charge is 0.278 e. The van der Waals surface area contributed by atoms with E-state index in [1.54, 1.807) is 24.7 Å². The molecule has 0 N–H and O–H groups in total. The Morgan fingerprint density at radius 1 is 1.25 bits per heavy atom. The van der Waals surface area contributed by atoms with Crippen molar-refractivity contribution in [3.05, 3.63) is 64.9 Å². The van der Waals surface area contributed by atoms with Gasteiger partial charge in [0.1, 0.15) is 11.9 Å². The molecule has 7 nitrogen and oxygen atoms in total. The predicted molar refractivity (Wildman–Crippen MR) is 88.0 cm³/mol. The highest BCUT2D eigenvalue weighted by Gasteiger charge is 2.26. The standard InChI is InChI=1S/C17H15N3O4/c21-20(22)15-4-3-14(12-5-6-18-10-13(12)15)19-7-9-24-17(11-19)16-2-1-8-23-16/h1-6,8,10,17H,7,9,11H2. The molecular weight excluding hydrogens is 310 g/mol. The predicted octanol–water partition coefficient (Wildman–Crippen LogP) is 3.31. The van der Waals surface area contributed by atoms with Crippen LogP contribution in [0, 0.1) is 10.1 Å². The molecule has 0 spiro atoms. The van der Waals surface area contributed by atoms with Crippen LogP contribution in [0.3, 0.4) is 0 Å². The molecule has 24 heavy (non-hydrogen) atoms. The minimum Gasteiger partial charge on any atom is -0.467 e. The van der Waals surface area contributed by atoms with Gasteiger partial charge in [0.05, 0.1) is 29.7 Å². The van der Waals surface area contributed by atoms with E-state index in [4.69, 9.17) is 9.15 Å². The lowest BCUT2D eigenvalue weighted by Gasteiger charge is -2.34. The van der Waals surface area contributed by atoms with E-state index in [2.05, 4.69) is 9.88 Å². The molecule has 0 amide bonds. The number of non-ortho nitro benzene ring substituents is 1. The Bertz CT molecular complexity index is 879. The number of nitrogens with zero attached hydrogens (tertiary/aromatic N) is 3. The Morgan fingerprint density at radius 3 is 2.96 bits per heavy atom. The molecule has 122 valence electrons. The summed E-state index contributed by atoms with van der Waals surface area (Å²) in [5.41, 5.74) is 1.01. The minimum absolute atomic E-state index is 0.0673. The van der Waals surface area contributed by atoms with E-state index in [0.717, 1.165) is 16.8 Å². The zero-order chi connectivity index (χ0) is 16.5. The summed E-state index contributed by atoms with van der Waals surface area (Å²) in [6, 6.07) is 8.88. The number of hydrogen-bond acceptors (Lipinski definition) is 6. The average molecular weight is 325 g/mol. The van der Waals surface area contributed by atoms with Crippen LogP contribution in [0.15, 0.2) is 53.4 Å². The highest BCUT2D eigenvalue weighted by Crippen LogP contribution is 2.35. The van der Waals surface area contributed by atoms with Gasteiger partial charge in [0.15, 0.2) is 0 Å². The first-order valence-corrected chi connectivity index (χ1v) is 7.65. The molecule has 0 aliphatic carbocycles. The van der Waals surface area contributed by atoms with Gasteiger partial charge in [0.2, 0.25) is 0 Å². The third-order valence-corrected chi connectivity index (χ3v) is 4.24. The monoisotopic (exact) mass is 325 g/mol. The van der Waals surface area contributed by atoms with Gasteiger partial charge in [0, 0.05) is 36.1 Å². The second-order valence-corrected chi connectivity index (χ2v) is 5.60. The van der Waals surface area contributed by atoms with Crippen molar-refractivity contribution in [2.75, 3.05) is 24.6 Å². The van der Waals surface area contributed by atoms with E-state index >= 15 is 0 Å². The van der Waals surface area contributed by atoms with Gasteiger partial charge in [-0.05, 0) is 24.3 Å². The zero-order valence-electron chi connectivity index (χ0n) is 12.8. The van der Waals surface area contributed by atoms with Crippen molar-refractivity contribution < 1.29 is 14.1 Å². The summed E-state index contributed by atoms with van der Waals surface area (Å²) in [6.45, 7) is 1.91. The number of hydrogen-bond donors (Lipinski definition) is 0. The van der Waals surface area contributed by atoms with Crippen molar-refractivity contribution in [2.45, 2.75) is 6.10 Å². The lowest BCUT2D eigenvalue weighted by atomic mass is 10.1. The Labute approximate surface area is 137 Å². The number of nitro benzene ring substituents is 1. The number of rotatable bonds is 3. The van der Waals surface area contributed by atoms with Crippen molar-refractivity contribution in [1.29, 1.82) is 0 Å². The van der Waals surface area contributed by atoms with Crippen molar-refractivity contribution in [3.8, 4) is 0 Å². The number of anilines is 1. The Hall–Kier alpha value is -2.93. The number of morpholine rings is 1. The number of fused-ring (bicyclic) bond motifs is 1. The molecule has 3 aromatic rings. The maximum absolute atomic E-state index is 11.2. The molecule has 1 saturated heterocycles. The van der Waals surface area contributed by atoms with Gasteiger partial charge in [-0.15, -0.1) is 0 Å². The fourth-order valence-corrected chi connectivity index (χ4v) is 3.11. The van der Waals surface area contributed by atoms with E-state index < -0.39 is 0 Å². The maximum atomic E-state index is 11.2. The number of furan rings is 1. The minimum atomic E-state index is -0.376. The fraction of sp³-hybridized carbons (Fsp3) is 0.235. The Kier molecular flexibility index (Phi) is 3.62. The summed E-state index contributed by atoms with van der Waals surface area (Å²) in [7, 11) is 0. The SMILES string of the molecule is O=[N+]([O-])c1ccc(N2CCOC(c3ccco3)C2)c2ccncc12. The highest BCUT2D eigenvalue weighted by atomic mass is 16.6. The molecule has 7 heteroatoms. The number of ether oxygens (including phenoxy) is 1. The molecule has 1 fully saturated rings. The number of aromatic nitrogens is 1. The largest absolute Gasteiger partial charge is 0.467 e. The molecule has 0 bridgehead atoms. The summed E-state index contributed by atoms with van der Waals surface area (Å²) in [5, 5.41) is 12.6. The van der Waals surface area contributed by atoms with Gasteiger partial charge in [-0.1, -0.05) is 0 Å². The molecule has 1 aliphatic rings. The summed E-state index contributed by atoms with van der Waals surface area (Å²) in [5.74, 6) is 0.785. The van der Waals surface area contributed by atoms with Crippen LogP contribution in [-0.2, 0) is 4.74 Å². The van der Waals surface area contributed by atoms with Gasteiger partial charge >= 0.3 is 0 Å². The molecule has 4 rings (SSSR count). The molecule has 1 aromatic carbocycles. The second kappa shape index (κ2) is 5.93. The van der Waals surface area contributed by atoms with Crippen LogP contribution in [0.2, 0.25) is 0 Å². The third kappa shape index (κ3) is 2.48. The van der Waals surface area contributed by atoms with Crippen LogP contribution in [-0.4, -0.2) is 29.6 Å². The lowest BCUT2D eigenvalue weighted by Crippen LogP contribution is -2.38. The third-order valence-electron chi connectivity index (χ3n) is 4.24. The molecular formula is C17H15N3O4. The van der Waals surface area contributed by atoms with Gasteiger partial charge in [-0.2, -0.15) is 0 Å². The van der Waals surface area contributed by atoms with Crippen molar-refractivity contribution in [2.24, 2.45) is 0 Å². The van der Waals surface area contributed by atoms with E-state index in [1.165, 1.54) is 6.07 Å². The number of nitro groups is 1. The van der Waals surface area contributed by atoms with Gasteiger partial charge < -0.3 is 14.1 Å². The van der Waals surface area contributed by atoms with Gasteiger partial charge in [-0.3, -0.25) is 15.1 Å². The number of pyridine rings is 1. The summed E-state index contributed by atoms with van der Waals surface area (Å²) in [6.07, 6.45) is 4.67. The summed E-state index contributed by atoms with van der Waals surface area (Å²) < 4.78 is 11.2. The zero-order valence-corrected chi connectivity index (χ0v) is 12.8. The molecule has 2 aromatic heterocycles. The first-order chi connectivity index (χ1) is 11.7. The van der Waals surface area contributed by atoms with Crippen LogP contribution in [0.25, 0.3) is 10.8 Å². The maximum Gasteiger partial charge on any atom is 0.278 e. The molecule has 0 saturated carbocycles. The van der Waals surface area contributed by atoms with E-state index in [-0.39, 0.29) is 16.7 Å². The molecule has 3 heterocycles. The van der Waals surface area contributed by atoms with Crippen LogP contribution >= 0.6 is 0 Å². The highest BCUT2D eigenvalue weighted by molar-refractivity contribution is 5.99. The van der Waals surface area contributed by atoms with Crippen LogP contribution < -0.4 is 4.90 Å². The fourth-order valence-electron chi connectivity index (χ4n) is 3.11. The molecule has 0 radical (unpaired) electrons. The molecule has 1 unspecified atom stereocenters. The van der Waals surface area contributed by atoms with Crippen molar-refractivity contribution in [3.63, 3.8) is 0 Å². The van der Waals surface area contributed by atoms with E-state index in [9.17, 15) is 10.1 Å². The average Bonchev–Trinajstić information content (AvgIpc) is 3.15. The van der Waals surface area contributed by atoms with Crippen LogP contribution in [0.1, 0.15) is 11.9 Å².